The molecule has 5 fully saturated rings. The molecule has 1 aliphatic carbocycles. The van der Waals surface area contributed by atoms with Gasteiger partial charge in [-0.15, -0.1) is 0 Å². The van der Waals surface area contributed by atoms with Crippen molar-refractivity contribution in [3.63, 3.8) is 0 Å². The van der Waals surface area contributed by atoms with Crippen LogP contribution in [0.5, 0.6) is 5.88 Å². The average molecular weight is 1030 g/mol. The number of nitrogens with zero attached hydrogens (tertiary/aromatic N) is 6. The molecule has 0 radical (unpaired) electrons. The monoisotopic (exact) mass is 1030 g/mol. The zero-order chi connectivity index (χ0) is 51.1. The number of fused-ring (bicyclic) bond motifs is 3. The highest BCUT2D eigenvalue weighted by atomic mass is 32.2. The Labute approximate surface area is 432 Å². The zero-order valence-electron chi connectivity index (χ0n) is 42.4. The summed E-state index contributed by atoms with van der Waals surface area (Å²) in [5.41, 5.74) is 4.58. The summed E-state index contributed by atoms with van der Waals surface area (Å²) in [7, 11) is -4.63. The number of piperidine rings is 1. The van der Waals surface area contributed by atoms with Gasteiger partial charge in [0.1, 0.15) is 23.1 Å². The smallest absolute Gasteiger partial charge is 0.293 e. The molecule has 7 heterocycles. The van der Waals surface area contributed by atoms with E-state index in [1.807, 2.05) is 37.4 Å². The van der Waals surface area contributed by atoms with Gasteiger partial charge in [0, 0.05) is 101 Å². The highest BCUT2D eigenvalue weighted by Gasteiger charge is 2.42. The SMILES string of the molecule is Cc1ccccc1[C@@H]1CN(C2CCOCC2)CCN1CC1CCN(c2ccc(C(=O)NS(=O)(=O)c3ccc(NC[C@H]4CC[C@](C)(O)CC4)c([N+](=O)[O-])c3)c(N3c4cc5cc[nH]c5nc4O[C@H]4COCC[C@@H]43)c2)CC1. The number of aromatic nitrogens is 2. The molecule has 0 unspecified atom stereocenters. The molecule has 0 bridgehead atoms. The Morgan fingerprint density at radius 1 is 0.905 bits per heavy atom. The number of amides is 1. The lowest BCUT2D eigenvalue weighted by atomic mass is 9.80. The maximum atomic E-state index is 14.7. The van der Waals surface area contributed by atoms with Gasteiger partial charge in [0.15, 0.2) is 0 Å². The van der Waals surface area contributed by atoms with Gasteiger partial charge in [-0.05, 0) is 137 Å². The predicted octanol–water partition coefficient (Wildman–Crippen LogP) is 7.69. The molecule has 4 saturated heterocycles. The Kier molecular flexibility index (Phi) is 14.3. The molecule has 3 atom stereocenters. The number of nitro benzene ring substituents is 1. The summed E-state index contributed by atoms with van der Waals surface area (Å²) in [6, 6.07) is 22.6. The van der Waals surface area contributed by atoms with Gasteiger partial charge in [-0.1, -0.05) is 24.3 Å². The van der Waals surface area contributed by atoms with Crippen molar-refractivity contribution in [2.24, 2.45) is 11.8 Å². The minimum absolute atomic E-state index is 0.112. The Balaban J connectivity index is 0.861. The van der Waals surface area contributed by atoms with Gasteiger partial charge in [-0.2, -0.15) is 4.98 Å². The van der Waals surface area contributed by atoms with E-state index in [9.17, 15) is 28.4 Å². The second-order valence-corrected chi connectivity index (χ2v) is 23.4. The molecule has 6 aliphatic rings. The van der Waals surface area contributed by atoms with E-state index in [2.05, 4.69) is 65.8 Å². The number of hydrogen-bond acceptors (Lipinski definition) is 15. The van der Waals surface area contributed by atoms with Crippen LogP contribution >= 0.6 is 0 Å². The summed E-state index contributed by atoms with van der Waals surface area (Å²) in [5, 5.41) is 26.8. The van der Waals surface area contributed by atoms with Gasteiger partial charge < -0.3 is 39.4 Å². The van der Waals surface area contributed by atoms with E-state index < -0.39 is 43.1 Å². The Morgan fingerprint density at radius 3 is 2.47 bits per heavy atom. The van der Waals surface area contributed by atoms with Crippen LogP contribution in [-0.4, -0.2) is 140 Å². The fourth-order valence-corrected chi connectivity index (χ4v) is 13.4. The molecule has 4 N–H and O–H groups in total. The molecule has 19 heteroatoms. The second-order valence-electron chi connectivity index (χ2n) is 21.7. The lowest BCUT2D eigenvalue weighted by molar-refractivity contribution is -0.384. The number of anilines is 4. The molecule has 18 nitrogen and oxygen atoms in total. The highest BCUT2D eigenvalue weighted by Crippen LogP contribution is 2.46. The lowest BCUT2D eigenvalue weighted by Crippen LogP contribution is -2.54. The van der Waals surface area contributed by atoms with E-state index >= 15 is 0 Å². The van der Waals surface area contributed by atoms with Crippen molar-refractivity contribution in [3.8, 4) is 5.88 Å². The van der Waals surface area contributed by atoms with E-state index in [1.165, 1.54) is 23.3 Å². The molecule has 1 amide bonds. The van der Waals surface area contributed by atoms with E-state index in [0.717, 1.165) is 108 Å². The Hall–Kier alpha value is -5.83. The average Bonchev–Trinajstić information content (AvgIpc) is 3.87. The third kappa shape index (κ3) is 10.6. The number of H-pyrrole nitrogens is 1. The van der Waals surface area contributed by atoms with Crippen molar-refractivity contribution in [2.75, 3.05) is 87.4 Å². The van der Waals surface area contributed by atoms with Crippen LogP contribution in [0.25, 0.3) is 11.0 Å². The number of aromatic amines is 1. The van der Waals surface area contributed by atoms with E-state index in [0.29, 0.717) is 79.9 Å². The number of benzene rings is 3. The predicted molar refractivity (Wildman–Crippen MR) is 283 cm³/mol. The minimum atomic E-state index is -4.63. The van der Waals surface area contributed by atoms with Crippen molar-refractivity contribution >= 4 is 55.4 Å². The van der Waals surface area contributed by atoms with Crippen LogP contribution in [0.4, 0.5) is 28.4 Å². The van der Waals surface area contributed by atoms with Gasteiger partial charge >= 0.3 is 0 Å². The molecule has 5 aromatic rings. The molecule has 2 aromatic heterocycles. The number of aliphatic hydroxyl groups is 1. The summed E-state index contributed by atoms with van der Waals surface area (Å²) in [6.07, 6.45) is 8.88. The fraction of sp³-hybridized carbons (Fsp3) is 0.527. The number of aryl methyl sites for hydroxylation is 1. The van der Waals surface area contributed by atoms with Crippen LogP contribution in [-0.2, 0) is 19.5 Å². The van der Waals surface area contributed by atoms with Gasteiger partial charge in [0.25, 0.3) is 21.6 Å². The zero-order valence-corrected chi connectivity index (χ0v) is 43.2. The van der Waals surface area contributed by atoms with E-state index in [4.69, 9.17) is 19.2 Å². The first-order valence-corrected chi connectivity index (χ1v) is 28.1. The number of piperazine rings is 1. The third-order valence-electron chi connectivity index (χ3n) is 16.8. The standard InChI is InChI=1S/C55H69N9O9S/c1-36-5-3-4-6-43(36)50-34-61(40-16-26-71-27-17-40)24-25-62(50)33-38-14-22-60(23-15-38)41-7-9-44(47(30-41)63-46-18-28-72-35-51(46)73-54-49(63)29-39-13-21-56-52(39)58-54)53(65)59-74(69,70)42-8-10-45(48(31-42)64(67)68)57-32-37-11-19-55(2,66)20-12-37/h3-10,13,21,29-31,37-38,40,46,50-51,57,66H,11-12,14-20,22-28,32-35H2,1-2H3,(H,56,58)(H,59,65)/t37-,46-,50-,51-,55-/m0/s1. The number of ether oxygens (including phenoxy) is 3. The lowest BCUT2D eigenvalue weighted by Gasteiger charge is -2.47. The number of rotatable bonds is 13. The molecule has 394 valence electrons. The summed E-state index contributed by atoms with van der Waals surface area (Å²) in [4.78, 5) is 44.0. The van der Waals surface area contributed by atoms with Crippen molar-refractivity contribution in [3.05, 3.63) is 106 Å². The summed E-state index contributed by atoms with van der Waals surface area (Å²) in [6.45, 7) is 12.6. The molecule has 3 aromatic carbocycles. The maximum absolute atomic E-state index is 14.7. The number of nitro groups is 1. The molecular formula is C55H69N9O9S. The molecular weight excluding hydrogens is 963 g/mol. The first kappa shape index (κ1) is 50.3. The summed E-state index contributed by atoms with van der Waals surface area (Å²) < 4.78 is 48.9. The minimum Gasteiger partial charge on any atom is -0.468 e. The van der Waals surface area contributed by atoms with Crippen LogP contribution in [0.2, 0.25) is 0 Å². The molecule has 74 heavy (non-hydrogen) atoms. The van der Waals surface area contributed by atoms with Gasteiger partial charge in [-0.25, -0.2) is 13.1 Å². The van der Waals surface area contributed by atoms with E-state index in [1.54, 1.807) is 6.07 Å². The topological polar surface area (TPSA) is 208 Å². The molecule has 5 aliphatic heterocycles. The number of nitrogens with one attached hydrogen (secondary N) is 3. The van der Waals surface area contributed by atoms with Crippen molar-refractivity contribution in [1.29, 1.82) is 0 Å². The first-order chi connectivity index (χ1) is 35.8. The highest BCUT2D eigenvalue weighted by molar-refractivity contribution is 7.90. The van der Waals surface area contributed by atoms with Crippen LogP contribution in [0, 0.1) is 28.9 Å². The Morgan fingerprint density at radius 2 is 1.69 bits per heavy atom. The van der Waals surface area contributed by atoms with Crippen molar-refractivity contribution < 1.29 is 37.5 Å². The normalized spacial score (nSPS) is 25.5. The second kappa shape index (κ2) is 21.1. The van der Waals surface area contributed by atoms with Crippen molar-refractivity contribution in [2.45, 2.75) is 106 Å². The summed E-state index contributed by atoms with van der Waals surface area (Å²) >= 11 is 0. The Bertz CT molecular complexity index is 2960. The van der Waals surface area contributed by atoms with Gasteiger partial charge in [-0.3, -0.25) is 24.7 Å². The van der Waals surface area contributed by atoms with Crippen LogP contribution < -0.4 is 24.6 Å². The molecule has 1 saturated carbocycles. The maximum Gasteiger partial charge on any atom is 0.293 e. The fourth-order valence-electron chi connectivity index (χ4n) is 12.4. The number of sulfonamides is 1. The van der Waals surface area contributed by atoms with Crippen LogP contribution in [0.15, 0.2) is 83.9 Å². The van der Waals surface area contributed by atoms with Crippen LogP contribution in [0.3, 0.4) is 0 Å². The number of hydrogen-bond donors (Lipinski definition) is 4. The quantitative estimate of drug-likeness (QED) is 0.0659. The largest absolute Gasteiger partial charge is 0.468 e. The van der Waals surface area contributed by atoms with E-state index in [-0.39, 0.29) is 23.2 Å². The van der Waals surface area contributed by atoms with Crippen LogP contribution in [0.1, 0.15) is 92.2 Å². The van der Waals surface area contributed by atoms with Gasteiger partial charge in [0.05, 0.1) is 39.3 Å². The first-order valence-electron chi connectivity index (χ1n) is 26.6. The summed E-state index contributed by atoms with van der Waals surface area (Å²) in [5.74, 6) is 0.172. The molecule has 11 rings (SSSR count). The van der Waals surface area contributed by atoms with Crippen molar-refractivity contribution in [1.82, 2.24) is 24.5 Å². The molecule has 0 spiro atoms. The third-order valence-corrected chi connectivity index (χ3v) is 18.1. The number of pyridine rings is 1. The number of carbonyl (C=O) groups excluding carboxylic acids is 1. The van der Waals surface area contributed by atoms with Gasteiger partial charge in [0.2, 0.25) is 5.88 Å². The number of carbonyl (C=O) groups is 1.